The lowest BCUT2D eigenvalue weighted by Gasteiger charge is -2.18. The quantitative estimate of drug-likeness (QED) is 0.696. The molecule has 0 radical (unpaired) electrons. The first-order chi connectivity index (χ1) is 10.8. The zero-order valence-electron chi connectivity index (χ0n) is 12.1. The second-order valence-electron chi connectivity index (χ2n) is 5.07. The van der Waals surface area contributed by atoms with Crippen molar-refractivity contribution >= 4 is 34.3 Å². The summed E-state index contributed by atoms with van der Waals surface area (Å²) >= 11 is 0. The predicted molar refractivity (Wildman–Crippen MR) is 82.2 cm³/mol. The fourth-order valence-corrected chi connectivity index (χ4v) is 2.90. The molecule has 24 heavy (non-hydrogen) atoms. The monoisotopic (exact) mass is 379 g/mol. The standard InChI is InChI=1S/C13H12F2NO6PS/c1-24(21,22)16-12(17)10-3-2-9-7-11(5-4-8(9)6-10)13(14,15)23(18,19)20/h2-7H,1H3,(H,16,17)(H2,18,19,20). The number of benzene rings is 2. The molecule has 2 aromatic carbocycles. The van der Waals surface area contributed by atoms with Gasteiger partial charge in [0, 0.05) is 11.1 Å². The van der Waals surface area contributed by atoms with E-state index in [1.165, 1.54) is 18.2 Å². The maximum absolute atomic E-state index is 13.7. The van der Waals surface area contributed by atoms with Gasteiger partial charge < -0.3 is 9.79 Å². The van der Waals surface area contributed by atoms with Crippen LogP contribution in [0.3, 0.4) is 0 Å². The Balaban J connectivity index is 2.46. The molecule has 0 heterocycles. The minimum Gasteiger partial charge on any atom is -0.320 e. The number of carbonyl (C=O) groups excluding carboxylic acids is 1. The van der Waals surface area contributed by atoms with Crippen molar-refractivity contribution in [3.63, 3.8) is 0 Å². The van der Waals surface area contributed by atoms with Crippen molar-refractivity contribution in [3.8, 4) is 0 Å². The predicted octanol–water partition coefficient (Wildman–Crippen LogP) is 1.76. The summed E-state index contributed by atoms with van der Waals surface area (Å²) in [7, 11) is -9.43. The van der Waals surface area contributed by atoms with E-state index < -0.39 is 34.8 Å². The molecular weight excluding hydrogens is 367 g/mol. The van der Waals surface area contributed by atoms with E-state index in [0.29, 0.717) is 5.39 Å². The lowest BCUT2D eigenvalue weighted by atomic mass is 10.0. The molecule has 0 aliphatic carbocycles. The SMILES string of the molecule is CS(=O)(=O)NC(=O)c1ccc2cc(C(F)(F)P(=O)(O)O)ccc2c1. The van der Waals surface area contributed by atoms with E-state index in [1.807, 2.05) is 0 Å². The molecule has 7 nitrogen and oxygen atoms in total. The molecule has 0 fully saturated rings. The highest BCUT2D eigenvalue weighted by Crippen LogP contribution is 2.59. The highest BCUT2D eigenvalue weighted by atomic mass is 32.2. The number of nitrogens with one attached hydrogen (secondary N) is 1. The maximum atomic E-state index is 13.7. The van der Waals surface area contributed by atoms with Crippen molar-refractivity contribution in [3.05, 3.63) is 47.5 Å². The number of carbonyl (C=O) groups is 1. The van der Waals surface area contributed by atoms with Crippen LogP contribution >= 0.6 is 7.60 Å². The summed E-state index contributed by atoms with van der Waals surface area (Å²) in [4.78, 5) is 29.2. The van der Waals surface area contributed by atoms with Crippen LogP contribution < -0.4 is 4.72 Å². The first-order valence-corrected chi connectivity index (χ1v) is 9.81. The third-order valence-electron chi connectivity index (χ3n) is 3.09. The fraction of sp³-hybridized carbons (Fsp3) is 0.154. The van der Waals surface area contributed by atoms with Crippen LogP contribution in [0.2, 0.25) is 0 Å². The van der Waals surface area contributed by atoms with Crippen LogP contribution in [0, 0.1) is 0 Å². The largest absolute Gasteiger partial charge is 0.399 e. The molecule has 1 amide bonds. The van der Waals surface area contributed by atoms with Gasteiger partial charge in [-0.25, -0.2) is 13.1 Å². The van der Waals surface area contributed by atoms with Crippen molar-refractivity contribution in [2.24, 2.45) is 0 Å². The van der Waals surface area contributed by atoms with Crippen LogP contribution in [0.25, 0.3) is 10.8 Å². The molecule has 0 aliphatic heterocycles. The third-order valence-corrected chi connectivity index (χ3v) is 4.64. The van der Waals surface area contributed by atoms with Crippen molar-refractivity contribution in [1.29, 1.82) is 0 Å². The van der Waals surface area contributed by atoms with Crippen molar-refractivity contribution in [2.75, 3.05) is 6.26 Å². The topological polar surface area (TPSA) is 121 Å². The second kappa shape index (κ2) is 5.89. The van der Waals surface area contributed by atoms with Crippen LogP contribution in [0.15, 0.2) is 36.4 Å². The Hall–Kier alpha value is -1.87. The smallest absolute Gasteiger partial charge is 0.320 e. The molecule has 0 aliphatic rings. The zero-order chi connectivity index (χ0) is 18.3. The highest BCUT2D eigenvalue weighted by Gasteiger charge is 2.50. The zero-order valence-corrected chi connectivity index (χ0v) is 13.8. The van der Waals surface area contributed by atoms with Gasteiger partial charge in [0.15, 0.2) is 0 Å². The summed E-state index contributed by atoms with van der Waals surface area (Å²) in [5.41, 5.74) is -5.22. The van der Waals surface area contributed by atoms with Crippen LogP contribution in [0.5, 0.6) is 0 Å². The average molecular weight is 379 g/mol. The first kappa shape index (κ1) is 18.5. The molecule has 130 valence electrons. The number of rotatable bonds is 4. The Labute approximate surface area is 135 Å². The molecule has 0 spiro atoms. The van der Waals surface area contributed by atoms with Gasteiger partial charge in [0.1, 0.15) is 0 Å². The molecular formula is C13H12F2NO6PS. The van der Waals surface area contributed by atoms with E-state index >= 15 is 0 Å². The molecule has 2 aromatic rings. The number of alkyl halides is 2. The number of fused-ring (bicyclic) bond motifs is 1. The number of sulfonamides is 1. The minimum atomic E-state index is -5.68. The van der Waals surface area contributed by atoms with E-state index in [0.717, 1.165) is 24.5 Å². The Morgan fingerprint density at radius 2 is 1.67 bits per heavy atom. The van der Waals surface area contributed by atoms with Crippen LogP contribution in [-0.2, 0) is 20.3 Å². The highest BCUT2D eigenvalue weighted by molar-refractivity contribution is 7.89. The van der Waals surface area contributed by atoms with Gasteiger partial charge >= 0.3 is 13.3 Å². The van der Waals surface area contributed by atoms with Crippen LogP contribution in [-0.4, -0.2) is 30.4 Å². The normalized spacial score (nSPS) is 13.0. The van der Waals surface area contributed by atoms with Gasteiger partial charge in [0.05, 0.1) is 6.26 Å². The van der Waals surface area contributed by atoms with E-state index in [2.05, 4.69) is 0 Å². The summed E-state index contributed by atoms with van der Waals surface area (Å²) < 4.78 is 62.1. The van der Waals surface area contributed by atoms with Gasteiger partial charge in [-0.3, -0.25) is 9.36 Å². The number of hydrogen-bond acceptors (Lipinski definition) is 4. The molecule has 0 saturated heterocycles. The third kappa shape index (κ3) is 3.78. The molecule has 2 rings (SSSR count). The van der Waals surface area contributed by atoms with Gasteiger partial charge in [0.25, 0.3) is 5.91 Å². The van der Waals surface area contributed by atoms with Crippen molar-refractivity contribution in [1.82, 2.24) is 4.72 Å². The second-order valence-corrected chi connectivity index (χ2v) is 8.46. The molecule has 0 saturated carbocycles. The molecule has 0 atom stereocenters. The molecule has 0 aromatic heterocycles. The summed E-state index contributed by atoms with van der Waals surface area (Å²) in [6.07, 6.45) is 0.808. The number of amides is 1. The van der Waals surface area contributed by atoms with Crippen molar-refractivity contribution in [2.45, 2.75) is 5.66 Å². The maximum Gasteiger partial charge on any atom is 0.399 e. The fourth-order valence-electron chi connectivity index (χ4n) is 1.97. The number of halogens is 2. The van der Waals surface area contributed by atoms with Gasteiger partial charge in [-0.1, -0.05) is 18.2 Å². The van der Waals surface area contributed by atoms with E-state index in [9.17, 15) is 26.6 Å². The van der Waals surface area contributed by atoms with Crippen LogP contribution in [0.1, 0.15) is 15.9 Å². The molecule has 11 heteroatoms. The summed E-state index contributed by atoms with van der Waals surface area (Å²) in [5, 5.41) is 0.526. The average Bonchev–Trinajstić information content (AvgIpc) is 2.43. The van der Waals surface area contributed by atoms with Crippen molar-refractivity contribution < 1.29 is 36.3 Å². The van der Waals surface area contributed by atoms with Gasteiger partial charge in [-0.05, 0) is 29.0 Å². The summed E-state index contributed by atoms with van der Waals surface area (Å²) in [6, 6.07) is 6.64. The number of hydrogen-bond donors (Lipinski definition) is 3. The molecule has 0 unspecified atom stereocenters. The Kier molecular flexibility index (Phi) is 4.53. The Morgan fingerprint density at radius 3 is 2.21 bits per heavy atom. The molecule has 0 bridgehead atoms. The van der Waals surface area contributed by atoms with Gasteiger partial charge in [-0.2, -0.15) is 8.78 Å². The summed E-state index contributed by atoms with van der Waals surface area (Å²) in [6.45, 7) is 0. The van der Waals surface area contributed by atoms with E-state index in [-0.39, 0.29) is 10.9 Å². The lowest BCUT2D eigenvalue weighted by Crippen LogP contribution is -2.29. The van der Waals surface area contributed by atoms with E-state index in [4.69, 9.17) is 9.79 Å². The Morgan fingerprint density at radius 1 is 1.12 bits per heavy atom. The first-order valence-electron chi connectivity index (χ1n) is 6.31. The van der Waals surface area contributed by atoms with Gasteiger partial charge in [-0.15, -0.1) is 0 Å². The van der Waals surface area contributed by atoms with Crippen LogP contribution in [0.4, 0.5) is 8.78 Å². The lowest BCUT2D eigenvalue weighted by molar-refractivity contribution is 0.0566. The summed E-state index contributed by atoms with van der Waals surface area (Å²) in [5.74, 6) is -0.885. The van der Waals surface area contributed by atoms with Gasteiger partial charge in [0.2, 0.25) is 10.0 Å². The minimum absolute atomic E-state index is 0.0116. The Bertz CT molecular complexity index is 970. The van der Waals surface area contributed by atoms with E-state index in [1.54, 1.807) is 4.72 Å². The molecule has 3 N–H and O–H groups in total.